The molecule has 4 aromatic carbocycles. The summed E-state index contributed by atoms with van der Waals surface area (Å²) in [7, 11) is 0. The first-order valence-electron chi connectivity index (χ1n) is 8.70. The van der Waals surface area contributed by atoms with Crippen LogP contribution in [0.1, 0.15) is 11.1 Å². The van der Waals surface area contributed by atoms with Crippen molar-refractivity contribution in [3.8, 4) is 0 Å². The zero-order valence-corrected chi connectivity index (χ0v) is 19.6. The van der Waals surface area contributed by atoms with Crippen molar-refractivity contribution in [3.63, 3.8) is 0 Å². The number of rotatable bonds is 4. The van der Waals surface area contributed by atoms with Crippen molar-refractivity contribution < 1.29 is 0 Å². The van der Waals surface area contributed by atoms with E-state index < -0.39 is 0 Å². The van der Waals surface area contributed by atoms with Gasteiger partial charge in [-0.15, -0.1) is 0 Å². The second kappa shape index (κ2) is 8.17. The molecule has 2 heteroatoms. The molecule has 0 aliphatic carbocycles. The average Bonchev–Trinajstić information content (AvgIpc) is 2.66. The minimum absolute atomic E-state index is 0.375. The van der Waals surface area contributed by atoms with Crippen molar-refractivity contribution in [1.29, 1.82) is 0 Å². The van der Waals surface area contributed by atoms with Gasteiger partial charge in [-0.25, -0.2) is 0 Å². The first-order chi connectivity index (χ1) is 12.7. The Bertz CT molecular complexity index is 950. The van der Waals surface area contributed by atoms with Gasteiger partial charge in [0.15, 0.2) is 0 Å². The molecular weight excluding hydrogens is 543 g/mol. The van der Waals surface area contributed by atoms with Crippen LogP contribution in [0.4, 0.5) is 0 Å². The van der Waals surface area contributed by atoms with E-state index in [4.69, 9.17) is 0 Å². The van der Waals surface area contributed by atoms with Gasteiger partial charge in [-0.3, -0.25) is 0 Å². The first kappa shape index (κ1) is 18.1. The molecule has 0 saturated heterocycles. The Morgan fingerprint density at radius 1 is 0.500 bits per heavy atom. The van der Waals surface area contributed by atoms with E-state index in [-0.39, 0.29) is 41.8 Å². The number of aryl methyl sites for hydroxylation is 2. The second-order valence-corrected chi connectivity index (χ2v) is 12.8. The van der Waals surface area contributed by atoms with Gasteiger partial charge in [-0.05, 0) is 0 Å². The number of hydrogen-bond acceptors (Lipinski definition) is 0. The Balaban J connectivity index is 1.75. The van der Waals surface area contributed by atoms with Gasteiger partial charge >= 0.3 is 177 Å². The third kappa shape index (κ3) is 4.17. The quantitative estimate of drug-likeness (QED) is 0.335. The van der Waals surface area contributed by atoms with Gasteiger partial charge < -0.3 is 0 Å². The number of benzene rings is 4. The summed E-state index contributed by atoms with van der Waals surface area (Å²) in [5, 5.41) is 2.93. The standard InChI is InChI=1S/C24H20Te2/c1-17-9-13-20(14-10-17)25-22-7-3-5-19-6-4-8-23(24(19)22)26-21-15-11-18(2)12-16-21/h3-16H,1-2H3. The molecule has 4 rings (SSSR count). The summed E-state index contributed by atoms with van der Waals surface area (Å²) in [6.07, 6.45) is 0. The monoisotopic (exact) mass is 568 g/mol. The van der Waals surface area contributed by atoms with Crippen LogP contribution in [0.25, 0.3) is 10.8 Å². The van der Waals surface area contributed by atoms with Gasteiger partial charge in [0.1, 0.15) is 0 Å². The van der Waals surface area contributed by atoms with Gasteiger partial charge in [0, 0.05) is 0 Å². The van der Waals surface area contributed by atoms with E-state index in [1.807, 2.05) is 0 Å². The summed E-state index contributed by atoms with van der Waals surface area (Å²) in [6, 6.07) is 31.9. The molecule has 4 aromatic rings. The molecule has 26 heavy (non-hydrogen) atoms. The Morgan fingerprint density at radius 2 is 0.923 bits per heavy atom. The maximum atomic E-state index is 2.36. The van der Waals surface area contributed by atoms with Crippen LogP contribution >= 0.6 is 0 Å². The normalized spacial score (nSPS) is 11.0. The topological polar surface area (TPSA) is 0 Å². The van der Waals surface area contributed by atoms with E-state index >= 15 is 0 Å². The van der Waals surface area contributed by atoms with Crippen molar-refractivity contribution in [1.82, 2.24) is 0 Å². The summed E-state index contributed by atoms with van der Waals surface area (Å²) < 4.78 is 6.17. The Hall–Kier alpha value is -1.28. The summed E-state index contributed by atoms with van der Waals surface area (Å²) >= 11 is -0.749. The predicted octanol–water partition coefficient (Wildman–Crippen LogP) is 2.77. The van der Waals surface area contributed by atoms with Crippen molar-refractivity contribution >= 4 is 67.1 Å². The third-order valence-electron chi connectivity index (χ3n) is 4.33. The second-order valence-electron chi connectivity index (χ2n) is 6.44. The van der Waals surface area contributed by atoms with Crippen LogP contribution in [0.5, 0.6) is 0 Å². The van der Waals surface area contributed by atoms with Crippen molar-refractivity contribution in [3.05, 3.63) is 96.1 Å². The molecule has 0 bridgehead atoms. The molecule has 0 saturated carbocycles. The van der Waals surface area contributed by atoms with E-state index in [2.05, 4.69) is 98.8 Å². The van der Waals surface area contributed by atoms with E-state index in [0.29, 0.717) is 0 Å². The molecule has 0 heterocycles. The van der Waals surface area contributed by atoms with E-state index in [9.17, 15) is 0 Å². The third-order valence-corrected chi connectivity index (χ3v) is 10.4. The van der Waals surface area contributed by atoms with Gasteiger partial charge in [-0.1, -0.05) is 0 Å². The fraction of sp³-hybridized carbons (Fsp3) is 0.0833. The SMILES string of the molecule is Cc1ccc([Te]c2cccc3cccc([Te]c4ccc(C)cc4)c23)cc1. The van der Waals surface area contributed by atoms with Crippen LogP contribution < -0.4 is 14.4 Å². The van der Waals surface area contributed by atoms with Gasteiger partial charge in [0.25, 0.3) is 0 Å². The van der Waals surface area contributed by atoms with Crippen molar-refractivity contribution in [2.45, 2.75) is 13.8 Å². The van der Waals surface area contributed by atoms with Crippen molar-refractivity contribution in [2.75, 3.05) is 0 Å². The minimum atomic E-state index is -0.375. The van der Waals surface area contributed by atoms with Crippen LogP contribution in [0.3, 0.4) is 0 Å². The van der Waals surface area contributed by atoms with Crippen LogP contribution in [0.2, 0.25) is 0 Å². The molecule has 0 aliphatic heterocycles. The maximum absolute atomic E-state index is 2.36. The van der Waals surface area contributed by atoms with E-state index in [1.54, 1.807) is 7.22 Å². The molecule has 128 valence electrons. The predicted molar refractivity (Wildman–Crippen MR) is 116 cm³/mol. The molecule has 0 radical (unpaired) electrons. The molecule has 0 N–H and O–H groups in total. The zero-order valence-electron chi connectivity index (χ0n) is 14.9. The van der Waals surface area contributed by atoms with Crippen LogP contribution in [0.15, 0.2) is 84.9 Å². The molecule has 0 aliphatic rings. The summed E-state index contributed by atoms with van der Waals surface area (Å²) in [5.74, 6) is 0. The Morgan fingerprint density at radius 3 is 1.35 bits per heavy atom. The molecular formula is C24H20Te2. The Labute approximate surface area is 175 Å². The molecule has 0 fully saturated rings. The first-order valence-corrected chi connectivity index (χ1v) is 13.4. The fourth-order valence-electron chi connectivity index (χ4n) is 2.91. The number of hydrogen-bond donors (Lipinski definition) is 0. The van der Waals surface area contributed by atoms with Gasteiger partial charge in [-0.2, -0.15) is 0 Å². The van der Waals surface area contributed by atoms with Gasteiger partial charge in [0.2, 0.25) is 0 Å². The molecule has 0 spiro atoms. The summed E-state index contributed by atoms with van der Waals surface area (Å²) in [5.41, 5.74) is 2.68. The molecule has 0 aromatic heterocycles. The van der Waals surface area contributed by atoms with Crippen molar-refractivity contribution in [2.24, 2.45) is 0 Å². The average molecular weight is 564 g/mol. The molecule has 0 nitrogen and oxygen atoms in total. The zero-order chi connectivity index (χ0) is 17.9. The summed E-state index contributed by atoms with van der Waals surface area (Å²) in [4.78, 5) is 0. The summed E-state index contributed by atoms with van der Waals surface area (Å²) in [6.45, 7) is 4.32. The fourth-order valence-corrected chi connectivity index (χ4v) is 9.26. The van der Waals surface area contributed by atoms with Crippen LogP contribution in [0, 0.1) is 13.8 Å². The molecule has 0 amide bonds. The van der Waals surface area contributed by atoms with Crippen LogP contribution in [-0.4, -0.2) is 41.8 Å². The molecule has 0 unspecified atom stereocenters. The van der Waals surface area contributed by atoms with E-state index in [1.165, 1.54) is 29.1 Å². The van der Waals surface area contributed by atoms with E-state index in [0.717, 1.165) is 0 Å². The van der Waals surface area contributed by atoms with Gasteiger partial charge in [0.05, 0.1) is 0 Å². The Kier molecular flexibility index (Phi) is 5.69. The van der Waals surface area contributed by atoms with Crippen LogP contribution in [-0.2, 0) is 0 Å². The number of fused-ring (bicyclic) bond motifs is 1. The molecule has 0 atom stereocenters.